The maximum Gasteiger partial charge on any atom is 0.244 e. The van der Waals surface area contributed by atoms with Gasteiger partial charge >= 0.3 is 0 Å². The van der Waals surface area contributed by atoms with Crippen molar-refractivity contribution in [2.24, 2.45) is 5.73 Å². The molecule has 0 saturated heterocycles. The molecule has 0 aliphatic heterocycles. The van der Waals surface area contributed by atoms with Gasteiger partial charge in [-0.3, -0.25) is 4.79 Å². The lowest BCUT2D eigenvalue weighted by molar-refractivity contribution is -0.118. The Labute approximate surface area is 99.8 Å². The second-order valence-corrected chi connectivity index (χ2v) is 5.11. The summed E-state index contributed by atoms with van der Waals surface area (Å²) in [5.74, 6) is 0.930. The smallest absolute Gasteiger partial charge is 0.244 e. The van der Waals surface area contributed by atoms with Crippen LogP contribution in [-0.2, 0) is 10.5 Å². The molecule has 3 N–H and O–H groups in total. The van der Waals surface area contributed by atoms with Crippen LogP contribution < -0.4 is 11.1 Å². The summed E-state index contributed by atoms with van der Waals surface area (Å²) >= 11 is 1.78. The molecule has 0 radical (unpaired) electrons. The summed E-state index contributed by atoms with van der Waals surface area (Å²) in [6.07, 6.45) is 3.66. The maximum absolute atomic E-state index is 11.7. The van der Waals surface area contributed by atoms with Crippen LogP contribution in [0, 0.1) is 0 Å². The molecule has 16 heavy (non-hydrogen) atoms. The number of carbonyl (C=O) groups is 1. The second kappa shape index (κ2) is 4.47. The lowest BCUT2D eigenvalue weighted by atomic mass is 10.2. The molecular formula is C12H16N2OS. The van der Waals surface area contributed by atoms with Crippen molar-refractivity contribution in [3.05, 3.63) is 29.8 Å². The van der Waals surface area contributed by atoms with Gasteiger partial charge in [-0.05, 0) is 36.8 Å². The van der Waals surface area contributed by atoms with E-state index in [0.717, 1.165) is 24.3 Å². The zero-order valence-corrected chi connectivity index (χ0v) is 10.1. The minimum atomic E-state index is -0.599. The van der Waals surface area contributed by atoms with Crippen molar-refractivity contribution in [3.8, 4) is 0 Å². The summed E-state index contributed by atoms with van der Waals surface area (Å²) in [7, 11) is 0. The van der Waals surface area contributed by atoms with Crippen molar-refractivity contribution < 1.29 is 4.79 Å². The molecule has 0 aromatic heterocycles. The number of thioether (sulfide) groups is 1. The van der Waals surface area contributed by atoms with Crippen molar-refractivity contribution in [2.75, 3.05) is 11.6 Å². The average Bonchev–Trinajstić information content (AvgIpc) is 3.01. The number of hydrogen-bond acceptors (Lipinski definition) is 3. The third-order valence-electron chi connectivity index (χ3n) is 2.76. The molecule has 1 aromatic rings. The van der Waals surface area contributed by atoms with Gasteiger partial charge in [0.05, 0.1) is 5.54 Å². The molecule has 1 fully saturated rings. The molecule has 1 saturated carbocycles. The van der Waals surface area contributed by atoms with E-state index in [0.29, 0.717) is 0 Å². The Kier molecular flexibility index (Phi) is 3.21. The molecule has 1 amide bonds. The standard InChI is InChI=1S/C12H16N2OS/c1-16-8-9-2-4-10(5-3-9)14-11(15)12(13)6-7-12/h2-5H,6-8,13H2,1H3,(H,14,15). The number of carbonyl (C=O) groups excluding carboxylic acids is 1. The molecule has 0 heterocycles. The van der Waals surface area contributed by atoms with E-state index in [-0.39, 0.29) is 5.91 Å². The van der Waals surface area contributed by atoms with Gasteiger partial charge in [-0.2, -0.15) is 11.8 Å². The first-order chi connectivity index (χ1) is 7.64. The summed E-state index contributed by atoms with van der Waals surface area (Å²) in [5, 5.41) is 2.84. The number of nitrogens with one attached hydrogen (secondary N) is 1. The Bertz CT molecular complexity index is 385. The minimum absolute atomic E-state index is 0.0647. The minimum Gasteiger partial charge on any atom is -0.324 e. The van der Waals surface area contributed by atoms with E-state index < -0.39 is 5.54 Å². The SMILES string of the molecule is CSCc1ccc(NC(=O)C2(N)CC2)cc1. The van der Waals surface area contributed by atoms with Crippen molar-refractivity contribution in [1.82, 2.24) is 0 Å². The lowest BCUT2D eigenvalue weighted by Gasteiger charge is -2.10. The predicted octanol–water partition coefficient (Wildman–Crippen LogP) is 1.98. The highest BCUT2D eigenvalue weighted by Crippen LogP contribution is 2.33. The van der Waals surface area contributed by atoms with Crippen molar-refractivity contribution in [3.63, 3.8) is 0 Å². The van der Waals surface area contributed by atoms with Gasteiger partial charge in [0.25, 0.3) is 0 Å². The highest BCUT2D eigenvalue weighted by Gasteiger charge is 2.45. The molecule has 0 spiro atoms. The topological polar surface area (TPSA) is 55.1 Å². The van der Waals surface area contributed by atoms with Gasteiger partial charge in [-0.25, -0.2) is 0 Å². The van der Waals surface area contributed by atoms with Crippen LogP contribution in [0.5, 0.6) is 0 Å². The van der Waals surface area contributed by atoms with Crippen LogP contribution in [0.2, 0.25) is 0 Å². The lowest BCUT2D eigenvalue weighted by Crippen LogP contribution is -2.37. The Morgan fingerprint density at radius 1 is 1.44 bits per heavy atom. The van der Waals surface area contributed by atoms with E-state index in [1.54, 1.807) is 11.8 Å². The molecule has 86 valence electrons. The molecule has 0 atom stereocenters. The molecule has 1 aliphatic carbocycles. The Morgan fingerprint density at radius 2 is 2.06 bits per heavy atom. The van der Waals surface area contributed by atoms with E-state index in [4.69, 9.17) is 5.73 Å². The molecule has 1 aliphatic rings. The Hall–Kier alpha value is -1.00. The fraction of sp³-hybridized carbons (Fsp3) is 0.417. The molecule has 4 heteroatoms. The van der Waals surface area contributed by atoms with Crippen molar-refractivity contribution >= 4 is 23.4 Å². The summed E-state index contributed by atoms with van der Waals surface area (Å²) < 4.78 is 0. The predicted molar refractivity (Wildman–Crippen MR) is 68.4 cm³/mol. The number of benzene rings is 1. The number of nitrogens with two attached hydrogens (primary N) is 1. The first-order valence-corrected chi connectivity index (χ1v) is 6.72. The van der Waals surface area contributed by atoms with E-state index in [2.05, 4.69) is 11.6 Å². The van der Waals surface area contributed by atoms with Crippen molar-refractivity contribution in [2.45, 2.75) is 24.1 Å². The molecule has 3 nitrogen and oxygen atoms in total. The Morgan fingerprint density at radius 3 is 2.56 bits per heavy atom. The molecule has 2 rings (SSSR count). The van der Waals surface area contributed by atoms with E-state index in [1.807, 2.05) is 24.3 Å². The fourth-order valence-corrected chi connectivity index (χ4v) is 1.99. The van der Waals surface area contributed by atoms with Gasteiger partial charge in [0.15, 0.2) is 0 Å². The summed E-state index contributed by atoms with van der Waals surface area (Å²) in [5.41, 5.74) is 7.29. The normalized spacial score (nSPS) is 16.9. The van der Waals surface area contributed by atoms with E-state index in [9.17, 15) is 4.79 Å². The third-order valence-corrected chi connectivity index (χ3v) is 3.39. The Balaban J connectivity index is 1.97. The maximum atomic E-state index is 11.7. The third kappa shape index (κ3) is 2.57. The summed E-state index contributed by atoms with van der Waals surface area (Å²) in [4.78, 5) is 11.7. The van der Waals surface area contributed by atoms with Crippen LogP contribution >= 0.6 is 11.8 Å². The number of rotatable bonds is 4. The first kappa shape index (κ1) is 11.5. The van der Waals surface area contributed by atoms with Gasteiger partial charge < -0.3 is 11.1 Å². The van der Waals surface area contributed by atoms with E-state index in [1.165, 1.54) is 5.56 Å². The van der Waals surface area contributed by atoms with Gasteiger partial charge in [0.2, 0.25) is 5.91 Å². The van der Waals surface area contributed by atoms with Gasteiger partial charge in [0, 0.05) is 11.4 Å². The molecule has 0 bridgehead atoms. The quantitative estimate of drug-likeness (QED) is 0.840. The second-order valence-electron chi connectivity index (χ2n) is 4.24. The number of amides is 1. The highest BCUT2D eigenvalue weighted by atomic mass is 32.2. The molecular weight excluding hydrogens is 220 g/mol. The van der Waals surface area contributed by atoms with Gasteiger partial charge in [-0.1, -0.05) is 12.1 Å². The van der Waals surface area contributed by atoms with Gasteiger partial charge in [-0.15, -0.1) is 0 Å². The van der Waals surface area contributed by atoms with Gasteiger partial charge in [0.1, 0.15) is 0 Å². The van der Waals surface area contributed by atoms with E-state index >= 15 is 0 Å². The van der Waals surface area contributed by atoms with Crippen molar-refractivity contribution in [1.29, 1.82) is 0 Å². The largest absolute Gasteiger partial charge is 0.324 e. The molecule has 0 unspecified atom stereocenters. The van der Waals surface area contributed by atoms with Crippen LogP contribution in [0.25, 0.3) is 0 Å². The monoisotopic (exact) mass is 236 g/mol. The fourth-order valence-electron chi connectivity index (χ4n) is 1.47. The van der Waals surface area contributed by atoms with Crippen LogP contribution in [0.3, 0.4) is 0 Å². The number of hydrogen-bond donors (Lipinski definition) is 2. The zero-order chi connectivity index (χ0) is 11.6. The molecule has 1 aromatic carbocycles. The van der Waals surface area contributed by atoms with Crippen LogP contribution in [0.4, 0.5) is 5.69 Å². The number of anilines is 1. The van der Waals surface area contributed by atoms with Crippen LogP contribution in [0.1, 0.15) is 18.4 Å². The summed E-state index contributed by atoms with van der Waals surface area (Å²) in [6, 6.07) is 7.91. The zero-order valence-electron chi connectivity index (χ0n) is 9.32. The summed E-state index contributed by atoms with van der Waals surface area (Å²) in [6.45, 7) is 0. The van der Waals surface area contributed by atoms with Crippen LogP contribution in [-0.4, -0.2) is 17.7 Å². The van der Waals surface area contributed by atoms with Crippen LogP contribution in [0.15, 0.2) is 24.3 Å². The highest BCUT2D eigenvalue weighted by molar-refractivity contribution is 7.97. The average molecular weight is 236 g/mol. The first-order valence-electron chi connectivity index (χ1n) is 5.32.